The fourth-order valence-corrected chi connectivity index (χ4v) is 5.04. The lowest BCUT2D eigenvalue weighted by atomic mass is 10.0. The molecule has 2 N–H and O–H groups in total. The molecule has 4 atom stereocenters. The zero-order valence-electron chi connectivity index (χ0n) is 24.5. The highest BCUT2D eigenvalue weighted by atomic mass is 16.7. The van der Waals surface area contributed by atoms with Crippen LogP contribution >= 0.6 is 0 Å². The minimum absolute atomic E-state index is 0.0509. The second kappa shape index (κ2) is 23.2. The van der Waals surface area contributed by atoms with E-state index in [1.54, 1.807) is 0 Å². The van der Waals surface area contributed by atoms with Gasteiger partial charge in [-0.3, -0.25) is 4.79 Å². The number of ether oxygens (including phenoxy) is 3. The Morgan fingerprint density at radius 3 is 1.62 bits per heavy atom. The van der Waals surface area contributed by atoms with Gasteiger partial charge in [0.25, 0.3) is 0 Å². The summed E-state index contributed by atoms with van der Waals surface area (Å²) < 4.78 is 16.6. The number of aliphatic hydroxyl groups excluding tert-OH is 2. The number of rotatable bonds is 24. The van der Waals surface area contributed by atoms with E-state index >= 15 is 0 Å². The van der Waals surface area contributed by atoms with E-state index in [0.29, 0.717) is 6.42 Å². The molecule has 0 aromatic carbocycles. The Kier molecular flexibility index (Phi) is 21.5. The molecule has 0 spiro atoms. The van der Waals surface area contributed by atoms with Crippen LogP contribution in [0.15, 0.2) is 0 Å². The highest BCUT2D eigenvalue weighted by molar-refractivity contribution is 5.69. The van der Waals surface area contributed by atoms with E-state index in [9.17, 15) is 15.0 Å². The van der Waals surface area contributed by atoms with Gasteiger partial charge < -0.3 is 24.4 Å². The lowest BCUT2D eigenvalue weighted by Crippen LogP contribution is -2.51. The summed E-state index contributed by atoms with van der Waals surface area (Å²) in [6.07, 6.45) is 22.4. The number of esters is 1. The molecular weight excluding hydrogens is 468 g/mol. The number of aliphatic hydroxyl groups is 2. The number of hydrogen-bond donors (Lipinski definition) is 2. The summed E-state index contributed by atoms with van der Waals surface area (Å²) in [6, 6.07) is 0. The fourth-order valence-electron chi connectivity index (χ4n) is 5.04. The maximum absolute atomic E-state index is 12.1. The van der Waals surface area contributed by atoms with Gasteiger partial charge in [0, 0.05) is 12.8 Å². The number of unbranched alkanes of at least 4 members (excludes halogenated alkanes) is 18. The van der Waals surface area contributed by atoms with Crippen molar-refractivity contribution >= 4 is 5.97 Å². The lowest BCUT2D eigenvalue weighted by Gasteiger charge is -2.37. The first-order valence-electron chi connectivity index (χ1n) is 15.8. The van der Waals surface area contributed by atoms with Crippen LogP contribution in [-0.4, -0.2) is 53.5 Å². The molecule has 1 heterocycles. The third-order valence-electron chi connectivity index (χ3n) is 7.35. The Hall–Kier alpha value is -0.690. The van der Waals surface area contributed by atoms with Crippen LogP contribution in [0.2, 0.25) is 0 Å². The Balaban J connectivity index is 1.87. The van der Waals surface area contributed by atoms with Crippen molar-refractivity contribution in [1.82, 2.24) is 0 Å². The van der Waals surface area contributed by atoms with Gasteiger partial charge >= 0.3 is 5.97 Å². The molecule has 220 valence electrons. The van der Waals surface area contributed by atoms with E-state index in [2.05, 4.69) is 6.92 Å². The molecule has 0 aromatic heterocycles. The molecule has 0 aliphatic carbocycles. The number of hydrogen-bond acceptors (Lipinski definition) is 6. The smallest absolute Gasteiger partial charge is 0.305 e. The standard InChI is InChI=1S/C31H60O6/c1-4-5-6-7-8-9-10-11-12-13-14-15-16-17-18-19-20-21-22-23-29(33)35-25-28-31(34)27(32)24-30(37-28)36-26(2)3/h26-28,30-32,34H,4-25H2,1-3H3/t27-,28?,30-,31-/m1/s1. The number of carbonyl (C=O) groups is 1. The van der Waals surface area contributed by atoms with Crippen LogP contribution < -0.4 is 0 Å². The molecule has 0 saturated carbocycles. The van der Waals surface area contributed by atoms with Gasteiger partial charge in [-0.25, -0.2) is 0 Å². The summed E-state index contributed by atoms with van der Waals surface area (Å²) >= 11 is 0. The van der Waals surface area contributed by atoms with Gasteiger partial charge in [-0.05, 0) is 20.3 Å². The summed E-state index contributed by atoms with van der Waals surface area (Å²) in [7, 11) is 0. The van der Waals surface area contributed by atoms with Crippen LogP contribution in [0.3, 0.4) is 0 Å². The van der Waals surface area contributed by atoms with Crippen molar-refractivity contribution in [2.24, 2.45) is 0 Å². The first-order valence-corrected chi connectivity index (χ1v) is 15.8. The molecule has 0 radical (unpaired) electrons. The first-order chi connectivity index (χ1) is 17.9. The van der Waals surface area contributed by atoms with Crippen molar-refractivity contribution in [2.45, 2.75) is 186 Å². The number of carbonyl (C=O) groups excluding carboxylic acids is 1. The topological polar surface area (TPSA) is 85.2 Å². The zero-order valence-corrected chi connectivity index (χ0v) is 24.5. The molecular formula is C31H60O6. The third kappa shape index (κ3) is 19.1. The van der Waals surface area contributed by atoms with E-state index in [0.717, 1.165) is 19.3 Å². The van der Waals surface area contributed by atoms with Crippen LogP contribution in [0.25, 0.3) is 0 Å². The molecule has 6 heteroatoms. The summed E-state index contributed by atoms with van der Waals surface area (Å²) in [5, 5.41) is 20.1. The van der Waals surface area contributed by atoms with Crippen molar-refractivity contribution in [1.29, 1.82) is 0 Å². The monoisotopic (exact) mass is 528 g/mol. The van der Waals surface area contributed by atoms with E-state index in [4.69, 9.17) is 14.2 Å². The Morgan fingerprint density at radius 1 is 0.757 bits per heavy atom. The predicted octanol–water partition coefficient (Wildman–Crippen LogP) is 7.61. The molecule has 1 aliphatic rings. The summed E-state index contributed by atoms with van der Waals surface area (Å²) in [5.41, 5.74) is 0. The van der Waals surface area contributed by atoms with Gasteiger partial charge in [0.1, 0.15) is 18.8 Å². The normalized spacial score (nSPS) is 22.0. The Morgan fingerprint density at radius 2 is 1.19 bits per heavy atom. The predicted molar refractivity (Wildman–Crippen MR) is 150 cm³/mol. The quantitative estimate of drug-likeness (QED) is 0.0990. The van der Waals surface area contributed by atoms with E-state index < -0.39 is 24.6 Å². The summed E-state index contributed by atoms with van der Waals surface area (Å²) in [6.45, 7) is 5.99. The van der Waals surface area contributed by atoms with Crippen molar-refractivity contribution in [2.75, 3.05) is 6.61 Å². The SMILES string of the molecule is CCCCCCCCCCCCCCCCCCCCCC(=O)OCC1O[C@@H](OC(C)C)C[C@@H](O)[C@H]1O. The maximum Gasteiger partial charge on any atom is 0.305 e. The summed E-state index contributed by atoms with van der Waals surface area (Å²) in [4.78, 5) is 12.1. The maximum atomic E-state index is 12.1. The lowest BCUT2D eigenvalue weighted by molar-refractivity contribution is -0.267. The van der Waals surface area contributed by atoms with Crippen molar-refractivity contribution in [3.63, 3.8) is 0 Å². The fraction of sp³-hybridized carbons (Fsp3) is 0.968. The van der Waals surface area contributed by atoms with Crippen LogP contribution in [0, 0.1) is 0 Å². The van der Waals surface area contributed by atoms with Gasteiger partial charge in [-0.1, -0.05) is 122 Å². The van der Waals surface area contributed by atoms with E-state index in [-0.39, 0.29) is 25.1 Å². The van der Waals surface area contributed by atoms with Crippen LogP contribution in [0.4, 0.5) is 0 Å². The minimum Gasteiger partial charge on any atom is -0.463 e. The largest absolute Gasteiger partial charge is 0.463 e. The van der Waals surface area contributed by atoms with E-state index in [1.807, 2.05) is 13.8 Å². The molecule has 6 nitrogen and oxygen atoms in total. The average Bonchev–Trinajstić information content (AvgIpc) is 2.86. The minimum atomic E-state index is -1.07. The molecule has 1 aliphatic heterocycles. The van der Waals surface area contributed by atoms with Crippen LogP contribution in [0.1, 0.15) is 156 Å². The van der Waals surface area contributed by atoms with Crippen LogP contribution in [0.5, 0.6) is 0 Å². The second-order valence-corrected chi connectivity index (χ2v) is 11.4. The highest BCUT2D eigenvalue weighted by Crippen LogP contribution is 2.23. The highest BCUT2D eigenvalue weighted by Gasteiger charge is 2.38. The average molecular weight is 529 g/mol. The second-order valence-electron chi connectivity index (χ2n) is 11.4. The van der Waals surface area contributed by atoms with Gasteiger partial charge in [-0.2, -0.15) is 0 Å². The Bertz CT molecular complexity index is 526. The van der Waals surface area contributed by atoms with Crippen molar-refractivity contribution < 1.29 is 29.2 Å². The molecule has 0 aromatic rings. The van der Waals surface area contributed by atoms with Crippen molar-refractivity contribution in [3.8, 4) is 0 Å². The van der Waals surface area contributed by atoms with Gasteiger partial charge in [0.05, 0.1) is 12.2 Å². The molecule has 0 amide bonds. The van der Waals surface area contributed by atoms with Crippen molar-refractivity contribution in [3.05, 3.63) is 0 Å². The molecule has 1 unspecified atom stereocenters. The molecule has 1 saturated heterocycles. The molecule has 1 fully saturated rings. The van der Waals surface area contributed by atoms with E-state index in [1.165, 1.54) is 103 Å². The zero-order chi connectivity index (χ0) is 27.1. The molecule has 0 bridgehead atoms. The van der Waals surface area contributed by atoms with Gasteiger partial charge in [0.2, 0.25) is 0 Å². The molecule has 1 rings (SSSR count). The van der Waals surface area contributed by atoms with Gasteiger partial charge in [-0.15, -0.1) is 0 Å². The third-order valence-corrected chi connectivity index (χ3v) is 7.35. The molecule has 37 heavy (non-hydrogen) atoms. The Labute approximate surface area is 228 Å². The summed E-state index contributed by atoms with van der Waals surface area (Å²) in [5.74, 6) is -0.274. The first kappa shape index (κ1) is 34.3. The van der Waals surface area contributed by atoms with Crippen LogP contribution in [-0.2, 0) is 19.0 Å². The van der Waals surface area contributed by atoms with Gasteiger partial charge in [0.15, 0.2) is 6.29 Å².